The van der Waals surface area contributed by atoms with Gasteiger partial charge in [-0.1, -0.05) is 109 Å². The van der Waals surface area contributed by atoms with Crippen LogP contribution < -0.4 is 9.80 Å². The Bertz CT molecular complexity index is 2320. The predicted molar refractivity (Wildman–Crippen MR) is 209 cm³/mol. The number of rotatable bonds is 8. The summed E-state index contributed by atoms with van der Waals surface area (Å²) in [5.74, 6) is 0. The maximum Gasteiger partial charge on any atom is 0.0973 e. The molecule has 8 rings (SSSR count). The van der Waals surface area contributed by atoms with Gasteiger partial charge in [0.05, 0.1) is 22.4 Å². The van der Waals surface area contributed by atoms with Crippen molar-refractivity contribution >= 4 is 45.2 Å². The van der Waals surface area contributed by atoms with Gasteiger partial charge in [-0.2, -0.15) is 0 Å². The zero-order chi connectivity index (χ0) is 33.9. The Morgan fingerprint density at radius 1 is 0.300 bits per heavy atom. The molecule has 4 nitrogen and oxygen atoms in total. The summed E-state index contributed by atoms with van der Waals surface area (Å²) in [5, 5.41) is 0. The summed E-state index contributed by atoms with van der Waals surface area (Å²) < 4.78 is 0. The number of aromatic nitrogens is 2. The van der Waals surface area contributed by atoms with Gasteiger partial charge in [-0.15, -0.1) is 0 Å². The lowest BCUT2D eigenvalue weighted by molar-refractivity contribution is 1.24. The minimum absolute atomic E-state index is 0.876. The van der Waals surface area contributed by atoms with Crippen molar-refractivity contribution in [3.63, 3.8) is 0 Å². The summed E-state index contributed by atoms with van der Waals surface area (Å²) in [5.41, 5.74) is 14.5. The Morgan fingerprint density at radius 2 is 0.580 bits per heavy atom. The van der Waals surface area contributed by atoms with Crippen molar-refractivity contribution in [1.29, 1.82) is 0 Å². The van der Waals surface area contributed by atoms with Gasteiger partial charge in [0.1, 0.15) is 0 Å². The fraction of sp³-hybridized carbons (Fsp3) is 0.0435. The average molecular weight is 645 g/mol. The highest BCUT2D eigenvalue weighted by molar-refractivity contribution is 5.90. The molecule has 0 spiro atoms. The van der Waals surface area contributed by atoms with Gasteiger partial charge in [-0.05, 0) is 97.8 Å². The Morgan fingerprint density at radius 3 is 0.940 bits per heavy atom. The molecule has 240 valence electrons. The van der Waals surface area contributed by atoms with E-state index in [9.17, 15) is 0 Å². The van der Waals surface area contributed by atoms with Crippen LogP contribution in [0.1, 0.15) is 11.1 Å². The minimum Gasteiger partial charge on any atom is -0.311 e. The molecule has 8 aromatic rings. The van der Waals surface area contributed by atoms with Crippen LogP contribution in [0.2, 0.25) is 0 Å². The number of hydrogen-bond acceptors (Lipinski definition) is 4. The van der Waals surface area contributed by atoms with Gasteiger partial charge in [0.2, 0.25) is 0 Å². The lowest BCUT2D eigenvalue weighted by Crippen LogP contribution is -2.12. The van der Waals surface area contributed by atoms with E-state index in [4.69, 9.17) is 9.97 Å². The van der Waals surface area contributed by atoms with Crippen LogP contribution in [-0.4, -0.2) is 9.97 Å². The number of nitrogens with zero attached hydrogens (tertiary/aromatic N) is 4. The molecule has 0 aliphatic heterocycles. The maximum atomic E-state index is 5.27. The second-order valence-electron chi connectivity index (χ2n) is 12.4. The Kier molecular flexibility index (Phi) is 8.34. The third kappa shape index (κ3) is 5.99. The van der Waals surface area contributed by atoms with E-state index in [1.54, 1.807) is 0 Å². The standard InChI is InChI=1S/C46H36N4/c1-33-23-24-34(2)44-43(33)47-45(35-15-7-3-8-16-35)46(48-44)36-25-27-40(28-26-36)50(39-21-13-6-14-22-39)42-31-29-41(30-32-42)49(37-17-9-4-10-18-37)38-19-11-5-12-20-38/h3-32H,1-2H3. The molecule has 0 unspecified atom stereocenters. The van der Waals surface area contributed by atoms with Gasteiger partial charge in [0.25, 0.3) is 0 Å². The quantitative estimate of drug-likeness (QED) is 0.165. The molecule has 0 aliphatic rings. The molecule has 4 heteroatoms. The molecule has 0 radical (unpaired) electrons. The number of para-hydroxylation sites is 3. The first kappa shape index (κ1) is 30.8. The third-order valence-electron chi connectivity index (χ3n) is 9.08. The van der Waals surface area contributed by atoms with E-state index in [0.717, 1.165) is 78.8 Å². The monoisotopic (exact) mass is 644 g/mol. The van der Waals surface area contributed by atoms with Gasteiger partial charge >= 0.3 is 0 Å². The van der Waals surface area contributed by atoms with Crippen molar-refractivity contribution in [2.45, 2.75) is 13.8 Å². The topological polar surface area (TPSA) is 32.3 Å². The highest BCUT2D eigenvalue weighted by Crippen LogP contribution is 2.40. The fourth-order valence-corrected chi connectivity index (χ4v) is 6.54. The van der Waals surface area contributed by atoms with E-state index in [1.165, 1.54) is 0 Å². The number of fused-ring (bicyclic) bond motifs is 1. The summed E-state index contributed by atoms with van der Waals surface area (Å²) in [6, 6.07) is 63.6. The molecule has 50 heavy (non-hydrogen) atoms. The maximum absolute atomic E-state index is 5.27. The lowest BCUT2D eigenvalue weighted by atomic mass is 10.0. The van der Waals surface area contributed by atoms with Crippen LogP contribution in [0.3, 0.4) is 0 Å². The number of hydrogen-bond donors (Lipinski definition) is 0. The molecule has 7 aromatic carbocycles. The lowest BCUT2D eigenvalue weighted by Gasteiger charge is -2.28. The van der Waals surface area contributed by atoms with Gasteiger partial charge in [-0.3, -0.25) is 0 Å². The van der Waals surface area contributed by atoms with Crippen LogP contribution in [0.4, 0.5) is 34.1 Å². The molecule has 0 amide bonds. The largest absolute Gasteiger partial charge is 0.311 e. The van der Waals surface area contributed by atoms with Crippen molar-refractivity contribution in [3.8, 4) is 22.5 Å². The average Bonchev–Trinajstić information content (AvgIpc) is 3.19. The first-order valence-corrected chi connectivity index (χ1v) is 16.9. The second kappa shape index (κ2) is 13.5. The molecule has 0 bridgehead atoms. The number of benzene rings is 7. The first-order valence-electron chi connectivity index (χ1n) is 16.9. The van der Waals surface area contributed by atoms with E-state index in [1.807, 2.05) is 6.07 Å². The van der Waals surface area contributed by atoms with E-state index >= 15 is 0 Å². The molecule has 0 atom stereocenters. The Balaban J connectivity index is 1.20. The summed E-state index contributed by atoms with van der Waals surface area (Å²) in [6.07, 6.45) is 0. The van der Waals surface area contributed by atoms with Crippen LogP contribution >= 0.6 is 0 Å². The van der Waals surface area contributed by atoms with Gasteiger partial charge in [-0.25, -0.2) is 9.97 Å². The summed E-state index contributed by atoms with van der Waals surface area (Å²) in [7, 11) is 0. The Hall–Kier alpha value is -6.52. The van der Waals surface area contributed by atoms with Crippen molar-refractivity contribution in [1.82, 2.24) is 9.97 Å². The van der Waals surface area contributed by atoms with E-state index in [2.05, 4.69) is 200 Å². The molecule has 0 saturated heterocycles. The molecule has 0 saturated carbocycles. The number of anilines is 6. The normalized spacial score (nSPS) is 11.0. The van der Waals surface area contributed by atoms with Crippen molar-refractivity contribution in [2.75, 3.05) is 9.80 Å². The SMILES string of the molecule is Cc1ccc(C)c2nc(-c3ccc(N(c4ccccc4)c4ccc(N(c5ccccc5)c5ccccc5)cc4)cc3)c(-c3ccccc3)nc12. The zero-order valence-corrected chi connectivity index (χ0v) is 28.1. The highest BCUT2D eigenvalue weighted by atomic mass is 15.2. The second-order valence-corrected chi connectivity index (χ2v) is 12.4. The van der Waals surface area contributed by atoms with Gasteiger partial charge in [0, 0.05) is 45.3 Å². The summed E-state index contributed by atoms with van der Waals surface area (Å²) in [6.45, 7) is 4.21. The molecule has 0 aliphatic carbocycles. The van der Waals surface area contributed by atoms with Crippen LogP contribution in [0.15, 0.2) is 182 Å². The van der Waals surface area contributed by atoms with Crippen molar-refractivity contribution in [3.05, 3.63) is 193 Å². The predicted octanol–water partition coefficient (Wildman–Crippen LogP) is 12.5. The minimum atomic E-state index is 0.876. The zero-order valence-electron chi connectivity index (χ0n) is 28.1. The fourth-order valence-electron chi connectivity index (χ4n) is 6.54. The molecule has 0 N–H and O–H groups in total. The summed E-state index contributed by atoms with van der Waals surface area (Å²) >= 11 is 0. The first-order chi connectivity index (χ1) is 24.6. The highest BCUT2D eigenvalue weighted by Gasteiger charge is 2.18. The van der Waals surface area contributed by atoms with E-state index < -0.39 is 0 Å². The smallest absolute Gasteiger partial charge is 0.0973 e. The van der Waals surface area contributed by atoms with Crippen LogP contribution in [-0.2, 0) is 0 Å². The van der Waals surface area contributed by atoms with Crippen LogP contribution in [0.25, 0.3) is 33.5 Å². The molecule has 0 fully saturated rings. The molecular formula is C46H36N4. The van der Waals surface area contributed by atoms with Crippen LogP contribution in [0.5, 0.6) is 0 Å². The summed E-state index contributed by atoms with van der Waals surface area (Å²) in [4.78, 5) is 15.1. The van der Waals surface area contributed by atoms with Crippen LogP contribution in [0, 0.1) is 13.8 Å². The van der Waals surface area contributed by atoms with E-state index in [-0.39, 0.29) is 0 Å². The Labute approximate surface area is 293 Å². The van der Waals surface area contributed by atoms with E-state index in [0.29, 0.717) is 0 Å². The molecule has 1 aromatic heterocycles. The molecule has 1 heterocycles. The van der Waals surface area contributed by atoms with Crippen molar-refractivity contribution < 1.29 is 0 Å². The number of aryl methyl sites for hydroxylation is 2. The van der Waals surface area contributed by atoms with Gasteiger partial charge in [0.15, 0.2) is 0 Å². The molecular weight excluding hydrogens is 609 g/mol. The van der Waals surface area contributed by atoms with Crippen molar-refractivity contribution in [2.24, 2.45) is 0 Å². The third-order valence-corrected chi connectivity index (χ3v) is 9.08. The van der Waals surface area contributed by atoms with Gasteiger partial charge < -0.3 is 9.80 Å².